The highest BCUT2D eigenvalue weighted by Gasteiger charge is 2.49. The van der Waals surface area contributed by atoms with Crippen LogP contribution in [0.15, 0.2) is 0 Å². The summed E-state index contributed by atoms with van der Waals surface area (Å²) < 4.78 is 0. The Labute approximate surface area is 182 Å². The molecule has 0 saturated carbocycles. The molecule has 2 unspecified atom stereocenters. The second-order valence-electron chi connectivity index (χ2n) is 11.8. The molecule has 0 aromatic heterocycles. The fourth-order valence-corrected chi connectivity index (χ4v) is 5.86. The lowest BCUT2D eigenvalue weighted by atomic mass is 9.86. The third-order valence-corrected chi connectivity index (χ3v) is 7.41. The van der Waals surface area contributed by atoms with Crippen molar-refractivity contribution in [3.63, 3.8) is 0 Å². The van der Waals surface area contributed by atoms with Crippen LogP contribution in [0.2, 0.25) is 0 Å². The molecule has 3 rings (SSSR count). The molecule has 3 fully saturated rings. The van der Waals surface area contributed by atoms with Gasteiger partial charge in [-0.05, 0) is 93.7 Å². The summed E-state index contributed by atoms with van der Waals surface area (Å²) in [7, 11) is 0. The van der Waals surface area contributed by atoms with E-state index >= 15 is 0 Å². The molecular weight excluding hydrogens is 378 g/mol. The van der Waals surface area contributed by atoms with Gasteiger partial charge in [-0.3, -0.25) is 24.2 Å². The van der Waals surface area contributed by atoms with Crippen molar-refractivity contribution < 1.29 is 14.4 Å². The van der Waals surface area contributed by atoms with E-state index in [1.54, 1.807) is 0 Å². The van der Waals surface area contributed by atoms with Crippen molar-refractivity contribution in [1.29, 1.82) is 0 Å². The molecule has 3 heterocycles. The van der Waals surface area contributed by atoms with E-state index in [9.17, 15) is 14.4 Å². The van der Waals surface area contributed by atoms with Crippen molar-refractivity contribution in [1.82, 2.24) is 14.7 Å². The molecule has 0 spiro atoms. The number of imide groups is 1. The van der Waals surface area contributed by atoms with Gasteiger partial charge in [0.15, 0.2) is 0 Å². The Kier molecular flexibility index (Phi) is 6.14. The van der Waals surface area contributed by atoms with Crippen molar-refractivity contribution in [2.75, 3.05) is 19.6 Å². The Morgan fingerprint density at radius 3 is 1.87 bits per heavy atom. The molecule has 3 aliphatic rings. The molecular formula is C24H41N3O3. The fourth-order valence-electron chi connectivity index (χ4n) is 5.86. The molecule has 3 amide bonds. The maximum Gasteiger partial charge on any atom is 0.233 e. The molecule has 0 radical (unpaired) electrons. The van der Waals surface area contributed by atoms with Gasteiger partial charge in [-0.25, -0.2) is 0 Å². The molecule has 3 saturated heterocycles. The summed E-state index contributed by atoms with van der Waals surface area (Å²) in [5.41, 5.74) is -0.890. The van der Waals surface area contributed by atoms with Gasteiger partial charge in [0.25, 0.3) is 0 Å². The Balaban J connectivity index is 1.65. The summed E-state index contributed by atoms with van der Waals surface area (Å²) in [5.74, 6) is -0.242. The van der Waals surface area contributed by atoms with E-state index in [0.29, 0.717) is 6.42 Å². The number of hydrogen-bond donors (Lipinski definition) is 0. The molecule has 0 aliphatic carbocycles. The third-order valence-electron chi connectivity index (χ3n) is 7.41. The predicted molar refractivity (Wildman–Crippen MR) is 118 cm³/mol. The van der Waals surface area contributed by atoms with E-state index in [2.05, 4.69) is 32.6 Å². The highest BCUT2D eigenvalue weighted by molar-refractivity contribution is 6.04. The van der Waals surface area contributed by atoms with E-state index in [0.717, 1.165) is 32.5 Å². The summed E-state index contributed by atoms with van der Waals surface area (Å²) in [6.45, 7) is 17.3. The SMILES string of the molecule is CC(C)(C)N1C(=O)CC(CC(C)(C)N2CCC(CC(C)(C)N3CCCC3)C2=O)C1=O. The quantitative estimate of drug-likeness (QED) is 0.619. The van der Waals surface area contributed by atoms with Crippen LogP contribution in [0.4, 0.5) is 0 Å². The van der Waals surface area contributed by atoms with Crippen molar-refractivity contribution in [2.45, 2.75) is 104 Å². The molecule has 0 aromatic rings. The first-order valence-electron chi connectivity index (χ1n) is 11.7. The van der Waals surface area contributed by atoms with Crippen molar-refractivity contribution in [3.8, 4) is 0 Å². The highest BCUT2D eigenvalue weighted by atomic mass is 16.2. The Hall–Kier alpha value is -1.43. The van der Waals surface area contributed by atoms with Gasteiger partial charge in [0.05, 0.1) is 0 Å². The summed E-state index contributed by atoms with van der Waals surface area (Å²) in [4.78, 5) is 44.7. The topological polar surface area (TPSA) is 60.9 Å². The minimum absolute atomic E-state index is 0.0397. The molecule has 6 heteroatoms. The van der Waals surface area contributed by atoms with Crippen molar-refractivity contribution >= 4 is 17.7 Å². The van der Waals surface area contributed by atoms with Crippen LogP contribution in [-0.4, -0.2) is 68.7 Å². The van der Waals surface area contributed by atoms with Crippen molar-refractivity contribution in [3.05, 3.63) is 0 Å². The van der Waals surface area contributed by atoms with E-state index in [1.807, 2.05) is 25.7 Å². The van der Waals surface area contributed by atoms with E-state index in [4.69, 9.17) is 0 Å². The Morgan fingerprint density at radius 2 is 1.33 bits per heavy atom. The van der Waals surface area contributed by atoms with E-state index in [1.165, 1.54) is 17.7 Å². The lowest BCUT2D eigenvalue weighted by molar-refractivity contribution is -0.146. The van der Waals surface area contributed by atoms with Crippen LogP contribution in [-0.2, 0) is 14.4 Å². The third kappa shape index (κ3) is 4.44. The number of carbonyl (C=O) groups is 3. The normalized spacial score (nSPS) is 27.1. The maximum absolute atomic E-state index is 13.3. The van der Waals surface area contributed by atoms with Crippen LogP contribution in [0.3, 0.4) is 0 Å². The molecule has 0 aromatic carbocycles. The van der Waals surface area contributed by atoms with E-state index < -0.39 is 11.1 Å². The second-order valence-corrected chi connectivity index (χ2v) is 11.8. The van der Waals surface area contributed by atoms with Gasteiger partial charge in [0.1, 0.15) is 0 Å². The Bertz CT molecular complexity index is 701. The van der Waals surface area contributed by atoms with Gasteiger partial charge in [0, 0.05) is 41.4 Å². The lowest BCUT2D eigenvalue weighted by Crippen LogP contribution is -2.49. The van der Waals surface area contributed by atoms with Crippen LogP contribution < -0.4 is 0 Å². The highest BCUT2D eigenvalue weighted by Crippen LogP contribution is 2.39. The zero-order valence-electron chi connectivity index (χ0n) is 20.1. The molecule has 170 valence electrons. The summed E-state index contributed by atoms with van der Waals surface area (Å²) in [6, 6.07) is 0. The van der Waals surface area contributed by atoms with Crippen LogP contribution >= 0.6 is 0 Å². The fraction of sp³-hybridized carbons (Fsp3) is 0.875. The number of carbonyl (C=O) groups excluding carboxylic acids is 3. The standard InChI is InChI=1S/C24H41N3O3/c1-22(2,3)27-19(28)14-18(21(27)30)16-24(6,7)26-13-10-17(20(26)29)15-23(4,5)25-11-8-9-12-25/h17-18H,8-16H2,1-7H3. The van der Waals surface area contributed by atoms with Crippen LogP contribution in [0.1, 0.15) is 87.0 Å². The van der Waals surface area contributed by atoms with Gasteiger partial charge >= 0.3 is 0 Å². The molecule has 0 N–H and O–H groups in total. The molecule has 6 nitrogen and oxygen atoms in total. The maximum atomic E-state index is 13.3. The predicted octanol–water partition coefficient (Wildman–Crippen LogP) is 3.44. The number of likely N-dealkylation sites (tertiary alicyclic amines) is 3. The summed E-state index contributed by atoms with van der Waals surface area (Å²) >= 11 is 0. The minimum atomic E-state index is -0.497. The van der Waals surface area contributed by atoms with Gasteiger partial charge in [-0.1, -0.05) is 0 Å². The van der Waals surface area contributed by atoms with E-state index in [-0.39, 0.29) is 41.5 Å². The lowest BCUT2D eigenvalue weighted by Gasteiger charge is -2.39. The van der Waals surface area contributed by atoms with Crippen LogP contribution in [0.5, 0.6) is 0 Å². The molecule has 0 bridgehead atoms. The van der Waals surface area contributed by atoms with Gasteiger partial charge in [-0.2, -0.15) is 0 Å². The van der Waals surface area contributed by atoms with Crippen LogP contribution in [0.25, 0.3) is 0 Å². The number of amides is 3. The molecule has 30 heavy (non-hydrogen) atoms. The minimum Gasteiger partial charge on any atom is -0.337 e. The zero-order chi connectivity index (χ0) is 22.5. The average molecular weight is 420 g/mol. The smallest absolute Gasteiger partial charge is 0.233 e. The number of rotatable bonds is 6. The largest absolute Gasteiger partial charge is 0.337 e. The van der Waals surface area contributed by atoms with Crippen LogP contribution in [0, 0.1) is 11.8 Å². The first kappa shape index (κ1) is 23.2. The van der Waals surface area contributed by atoms with Gasteiger partial charge in [0.2, 0.25) is 17.7 Å². The average Bonchev–Trinajstić information content (AvgIpc) is 3.29. The monoisotopic (exact) mass is 419 g/mol. The van der Waals surface area contributed by atoms with Crippen molar-refractivity contribution in [2.24, 2.45) is 11.8 Å². The van der Waals surface area contributed by atoms with Gasteiger partial charge in [-0.15, -0.1) is 0 Å². The number of nitrogens with zero attached hydrogens (tertiary/aromatic N) is 3. The first-order valence-corrected chi connectivity index (χ1v) is 11.7. The second kappa shape index (κ2) is 7.92. The zero-order valence-corrected chi connectivity index (χ0v) is 20.1. The first-order chi connectivity index (χ1) is 13.7. The molecule has 2 atom stereocenters. The summed E-state index contributed by atoms with van der Waals surface area (Å²) in [5, 5.41) is 0. The summed E-state index contributed by atoms with van der Waals surface area (Å²) in [6.07, 6.45) is 5.06. The molecule has 3 aliphatic heterocycles. The Morgan fingerprint density at radius 1 is 0.767 bits per heavy atom. The number of hydrogen-bond acceptors (Lipinski definition) is 4. The van der Waals surface area contributed by atoms with Gasteiger partial charge < -0.3 is 4.90 Å².